The third-order valence-corrected chi connectivity index (χ3v) is 8.03. The number of thiophene rings is 1. The second kappa shape index (κ2) is 7.65. The molecule has 1 aromatic carbocycles. The highest BCUT2D eigenvalue weighted by molar-refractivity contribution is 7.98. The predicted molar refractivity (Wildman–Crippen MR) is 116 cm³/mol. The summed E-state index contributed by atoms with van der Waals surface area (Å²) in [7, 11) is 0. The first-order valence-corrected chi connectivity index (χ1v) is 11.8. The maximum Gasteiger partial charge on any atom is 0.263 e. The van der Waals surface area contributed by atoms with Crippen molar-refractivity contribution in [1.82, 2.24) is 9.55 Å². The second-order valence-corrected chi connectivity index (χ2v) is 9.72. The lowest BCUT2D eigenvalue weighted by Crippen LogP contribution is -2.28. The standard InChI is InChI=1S/C22H24N2O2S2/c1-14-6-2-3-7-15(14)13-27-22-23-20-19(17-9-4-10-18(17)28-20)21(25)24(22)12-16-8-5-11-26-16/h2-3,6-7,16H,4-5,8-13H2,1H3/t16-/m0/s1. The summed E-state index contributed by atoms with van der Waals surface area (Å²) in [6.07, 6.45) is 5.49. The van der Waals surface area contributed by atoms with Gasteiger partial charge < -0.3 is 4.74 Å². The number of fused-ring (bicyclic) bond motifs is 3. The lowest BCUT2D eigenvalue weighted by atomic mass is 10.1. The predicted octanol–water partition coefficient (Wildman–Crippen LogP) is 4.73. The zero-order valence-corrected chi connectivity index (χ0v) is 17.7. The summed E-state index contributed by atoms with van der Waals surface area (Å²) >= 11 is 3.39. The first-order valence-electron chi connectivity index (χ1n) is 10.0. The van der Waals surface area contributed by atoms with Crippen LogP contribution in [0.15, 0.2) is 34.2 Å². The summed E-state index contributed by atoms with van der Waals surface area (Å²) in [5.74, 6) is 0.821. The van der Waals surface area contributed by atoms with Crippen LogP contribution in [0.25, 0.3) is 10.2 Å². The Morgan fingerprint density at radius 1 is 1.29 bits per heavy atom. The number of hydrogen-bond acceptors (Lipinski definition) is 5. The molecule has 0 radical (unpaired) electrons. The van der Waals surface area contributed by atoms with Crippen molar-refractivity contribution < 1.29 is 4.74 Å². The van der Waals surface area contributed by atoms with E-state index in [-0.39, 0.29) is 11.7 Å². The van der Waals surface area contributed by atoms with Gasteiger partial charge in [0.05, 0.1) is 18.0 Å². The van der Waals surface area contributed by atoms with Crippen molar-refractivity contribution in [1.29, 1.82) is 0 Å². The molecule has 0 amide bonds. The van der Waals surface area contributed by atoms with E-state index in [1.54, 1.807) is 23.1 Å². The highest BCUT2D eigenvalue weighted by atomic mass is 32.2. The van der Waals surface area contributed by atoms with Crippen molar-refractivity contribution in [2.24, 2.45) is 0 Å². The number of thioether (sulfide) groups is 1. The lowest BCUT2D eigenvalue weighted by Gasteiger charge is -2.16. The van der Waals surface area contributed by atoms with Crippen LogP contribution in [-0.2, 0) is 29.9 Å². The maximum atomic E-state index is 13.5. The lowest BCUT2D eigenvalue weighted by molar-refractivity contribution is 0.0937. The summed E-state index contributed by atoms with van der Waals surface area (Å²) in [6.45, 7) is 3.55. The fourth-order valence-corrected chi connectivity index (χ4v) is 6.62. The molecule has 1 atom stereocenters. The molecule has 1 saturated heterocycles. The van der Waals surface area contributed by atoms with Gasteiger partial charge in [-0.2, -0.15) is 0 Å². The number of ether oxygens (including phenoxy) is 1. The van der Waals surface area contributed by atoms with E-state index < -0.39 is 0 Å². The zero-order valence-electron chi connectivity index (χ0n) is 16.1. The summed E-state index contributed by atoms with van der Waals surface area (Å²) in [5.41, 5.74) is 3.96. The van der Waals surface area contributed by atoms with E-state index >= 15 is 0 Å². The number of hydrogen-bond donors (Lipinski definition) is 0. The van der Waals surface area contributed by atoms with E-state index in [1.807, 2.05) is 4.57 Å². The average Bonchev–Trinajstić information content (AvgIpc) is 3.41. The van der Waals surface area contributed by atoms with E-state index in [2.05, 4.69) is 31.2 Å². The van der Waals surface area contributed by atoms with Crippen molar-refractivity contribution in [2.75, 3.05) is 6.61 Å². The highest BCUT2D eigenvalue weighted by Crippen LogP contribution is 2.36. The Morgan fingerprint density at radius 3 is 3.00 bits per heavy atom. The number of aromatic nitrogens is 2. The molecule has 6 heteroatoms. The van der Waals surface area contributed by atoms with Crippen LogP contribution >= 0.6 is 23.1 Å². The summed E-state index contributed by atoms with van der Waals surface area (Å²) in [4.78, 5) is 20.8. The first-order chi connectivity index (χ1) is 13.7. The van der Waals surface area contributed by atoms with Gasteiger partial charge in [-0.3, -0.25) is 9.36 Å². The van der Waals surface area contributed by atoms with Gasteiger partial charge in [0.2, 0.25) is 0 Å². The van der Waals surface area contributed by atoms with Crippen molar-refractivity contribution in [2.45, 2.75) is 62.6 Å². The Kier molecular flexibility index (Phi) is 5.03. The van der Waals surface area contributed by atoms with E-state index in [1.165, 1.54) is 21.6 Å². The first kappa shape index (κ1) is 18.4. The molecule has 1 aliphatic carbocycles. The van der Waals surface area contributed by atoms with Crippen molar-refractivity contribution in [3.63, 3.8) is 0 Å². The van der Waals surface area contributed by atoms with Crippen LogP contribution in [0.4, 0.5) is 0 Å². The minimum absolute atomic E-state index is 0.126. The minimum atomic E-state index is 0.126. The van der Waals surface area contributed by atoms with Gasteiger partial charge in [-0.05, 0) is 55.7 Å². The Balaban J connectivity index is 1.55. The quantitative estimate of drug-likeness (QED) is 0.449. The van der Waals surface area contributed by atoms with Crippen LogP contribution in [0, 0.1) is 6.92 Å². The summed E-state index contributed by atoms with van der Waals surface area (Å²) < 4.78 is 7.74. The molecule has 146 valence electrons. The normalized spacial score (nSPS) is 18.8. The Labute approximate surface area is 172 Å². The van der Waals surface area contributed by atoms with Crippen LogP contribution in [0.3, 0.4) is 0 Å². The molecule has 28 heavy (non-hydrogen) atoms. The van der Waals surface area contributed by atoms with E-state index in [0.717, 1.165) is 59.8 Å². The molecule has 2 aromatic heterocycles. The molecule has 0 saturated carbocycles. The third-order valence-electron chi connectivity index (χ3n) is 5.82. The van der Waals surface area contributed by atoms with Gasteiger partial charge in [0, 0.05) is 17.2 Å². The zero-order chi connectivity index (χ0) is 19.1. The molecule has 4 nitrogen and oxygen atoms in total. The molecule has 2 aliphatic rings. The number of rotatable bonds is 5. The maximum absolute atomic E-state index is 13.5. The van der Waals surface area contributed by atoms with Gasteiger partial charge in [-0.15, -0.1) is 11.3 Å². The van der Waals surface area contributed by atoms with E-state index in [9.17, 15) is 4.79 Å². The minimum Gasteiger partial charge on any atom is -0.376 e. The van der Waals surface area contributed by atoms with Crippen molar-refractivity contribution in [3.8, 4) is 0 Å². The van der Waals surface area contributed by atoms with Crippen molar-refractivity contribution >= 4 is 33.3 Å². The summed E-state index contributed by atoms with van der Waals surface area (Å²) in [6, 6.07) is 8.43. The number of aryl methyl sites for hydroxylation is 3. The summed E-state index contributed by atoms with van der Waals surface area (Å²) in [5, 5.41) is 1.70. The molecule has 5 rings (SSSR count). The molecule has 1 aliphatic heterocycles. The van der Waals surface area contributed by atoms with Crippen LogP contribution in [0.1, 0.15) is 40.8 Å². The SMILES string of the molecule is Cc1ccccc1CSc1nc2sc3c(c2c(=O)n1C[C@@H]1CCCO1)CCC3. The largest absolute Gasteiger partial charge is 0.376 e. The van der Waals surface area contributed by atoms with E-state index in [0.29, 0.717) is 6.54 Å². The van der Waals surface area contributed by atoms with Crippen molar-refractivity contribution in [3.05, 3.63) is 56.2 Å². The van der Waals surface area contributed by atoms with Crippen LogP contribution in [0.5, 0.6) is 0 Å². The fourth-order valence-electron chi connectivity index (χ4n) is 4.24. The molecular weight excluding hydrogens is 388 g/mol. The van der Waals surface area contributed by atoms with Gasteiger partial charge in [-0.25, -0.2) is 4.98 Å². The van der Waals surface area contributed by atoms with Gasteiger partial charge in [0.15, 0.2) is 5.16 Å². The number of benzene rings is 1. The van der Waals surface area contributed by atoms with Gasteiger partial charge in [-0.1, -0.05) is 36.0 Å². The Morgan fingerprint density at radius 2 is 2.18 bits per heavy atom. The van der Waals surface area contributed by atoms with E-state index in [4.69, 9.17) is 9.72 Å². The molecule has 1 fully saturated rings. The molecule has 0 spiro atoms. The molecule has 0 bridgehead atoms. The van der Waals surface area contributed by atoms with Crippen LogP contribution in [0.2, 0.25) is 0 Å². The smallest absolute Gasteiger partial charge is 0.263 e. The van der Waals surface area contributed by atoms with Gasteiger partial charge >= 0.3 is 0 Å². The van der Waals surface area contributed by atoms with Gasteiger partial charge in [0.25, 0.3) is 5.56 Å². The second-order valence-electron chi connectivity index (χ2n) is 7.70. The highest BCUT2D eigenvalue weighted by Gasteiger charge is 2.25. The Hall–Kier alpha value is -1.63. The molecule has 0 unspecified atom stereocenters. The molecular formula is C22H24N2O2S2. The molecule has 3 aromatic rings. The third kappa shape index (κ3) is 3.31. The molecule has 0 N–H and O–H groups in total. The monoisotopic (exact) mass is 412 g/mol. The average molecular weight is 413 g/mol. The van der Waals surface area contributed by atoms with Crippen LogP contribution < -0.4 is 5.56 Å². The topological polar surface area (TPSA) is 44.1 Å². The fraction of sp³-hybridized carbons (Fsp3) is 0.455. The van der Waals surface area contributed by atoms with Crippen LogP contribution in [-0.4, -0.2) is 22.3 Å². The Bertz CT molecular complexity index is 1080. The van der Waals surface area contributed by atoms with Gasteiger partial charge in [0.1, 0.15) is 4.83 Å². The number of nitrogens with zero attached hydrogens (tertiary/aromatic N) is 2. The molecule has 3 heterocycles.